The van der Waals surface area contributed by atoms with E-state index in [1.165, 1.54) is 30.6 Å². The zero-order valence-electron chi connectivity index (χ0n) is 13.4. The molecule has 1 unspecified atom stereocenters. The first-order valence-corrected chi connectivity index (χ1v) is 8.64. The number of anilines is 1. The van der Waals surface area contributed by atoms with Crippen LogP contribution in [0.2, 0.25) is 0 Å². The second kappa shape index (κ2) is 7.95. The highest BCUT2D eigenvalue weighted by molar-refractivity contribution is 5.54. The van der Waals surface area contributed by atoms with Crippen LogP contribution in [-0.2, 0) is 11.3 Å². The summed E-state index contributed by atoms with van der Waals surface area (Å²) in [6.07, 6.45) is 4.61. The summed E-state index contributed by atoms with van der Waals surface area (Å²) in [7, 11) is 0. The molecule has 2 saturated heterocycles. The van der Waals surface area contributed by atoms with Crippen LogP contribution in [0.4, 0.5) is 5.69 Å². The lowest BCUT2D eigenvalue weighted by atomic mass is 10.1. The van der Waals surface area contributed by atoms with E-state index >= 15 is 0 Å². The Morgan fingerprint density at radius 1 is 1.14 bits per heavy atom. The number of aliphatic hydroxyl groups excluding tert-OH is 1. The van der Waals surface area contributed by atoms with Crippen molar-refractivity contribution in [1.82, 2.24) is 4.90 Å². The number of hydrogen-bond acceptors (Lipinski definition) is 4. The fourth-order valence-corrected chi connectivity index (χ4v) is 3.73. The molecular formula is C18H28N2O2. The standard InChI is InChI=1S/C18H28N2O2/c21-12-4-7-17-6-3-9-20(17)15-16-5-1-2-8-18(16)19-10-13-22-14-11-19/h1-2,5,8,17,21H,3-4,6-7,9-15H2. The molecule has 0 spiro atoms. The first kappa shape index (κ1) is 15.8. The Morgan fingerprint density at radius 2 is 1.95 bits per heavy atom. The van der Waals surface area contributed by atoms with Crippen LogP contribution >= 0.6 is 0 Å². The molecule has 122 valence electrons. The average Bonchev–Trinajstić information content (AvgIpc) is 3.01. The molecule has 1 aromatic rings. The molecule has 4 heteroatoms. The summed E-state index contributed by atoms with van der Waals surface area (Å²) in [5.41, 5.74) is 2.80. The van der Waals surface area contributed by atoms with Gasteiger partial charge in [0.1, 0.15) is 0 Å². The molecule has 0 bridgehead atoms. The molecule has 4 nitrogen and oxygen atoms in total. The van der Waals surface area contributed by atoms with Gasteiger partial charge in [0.05, 0.1) is 13.2 Å². The highest BCUT2D eigenvalue weighted by Gasteiger charge is 2.25. The Hall–Kier alpha value is -1.10. The van der Waals surface area contributed by atoms with Crippen LogP contribution in [0.1, 0.15) is 31.2 Å². The molecular weight excluding hydrogens is 276 g/mol. The van der Waals surface area contributed by atoms with E-state index in [1.807, 2.05) is 0 Å². The van der Waals surface area contributed by atoms with Crippen molar-refractivity contribution < 1.29 is 9.84 Å². The maximum Gasteiger partial charge on any atom is 0.0642 e. The zero-order chi connectivity index (χ0) is 15.2. The molecule has 0 radical (unpaired) electrons. The van der Waals surface area contributed by atoms with Gasteiger partial charge < -0.3 is 14.7 Å². The summed E-state index contributed by atoms with van der Waals surface area (Å²) in [4.78, 5) is 5.06. The Labute approximate surface area is 133 Å². The minimum atomic E-state index is 0.314. The molecule has 0 aliphatic carbocycles. The van der Waals surface area contributed by atoms with Gasteiger partial charge in [0.25, 0.3) is 0 Å². The predicted octanol–water partition coefficient (Wildman–Crippen LogP) is 2.26. The van der Waals surface area contributed by atoms with Crippen molar-refractivity contribution in [1.29, 1.82) is 0 Å². The van der Waals surface area contributed by atoms with Crippen LogP contribution in [0.5, 0.6) is 0 Å². The van der Waals surface area contributed by atoms with Gasteiger partial charge >= 0.3 is 0 Å². The predicted molar refractivity (Wildman–Crippen MR) is 89.2 cm³/mol. The Kier molecular flexibility index (Phi) is 5.70. The summed E-state index contributed by atoms with van der Waals surface area (Å²) in [5.74, 6) is 0. The molecule has 1 N–H and O–H groups in total. The number of aliphatic hydroxyl groups is 1. The quantitative estimate of drug-likeness (QED) is 0.874. The maximum atomic E-state index is 9.08. The Bertz CT molecular complexity index is 460. The van der Waals surface area contributed by atoms with Gasteiger partial charge in [0, 0.05) is 38.0 Å². The molecule has 0 saturated carbocycles. The molecule has 0 aromatic heterocycles. The van der Waals surface area contributed by atoms with Crippen LogP contribution in [0.15, 0.2) is 24.3 Å². The molecule has 2 aliphatic rings. The Balaban J connectivity index is 1.69. The number of benzene rings is 1. The summed E-state index contributed by atoms with van der Waals surface area (Å²) in [5, 5.41) is 9.08. The highest BCUT2D eigenvalue weighted by atomic mass is 16.5. The second-order valence-corrected chi connectivity index (χ2v) is 6.36. The van der Waals surface area contributed by atoms with Gasteiger partial charge in [-0.25, -0.2) is 0 Å². The topological polar surface area (TPSA) is 35.9 Å². The third-order valence-corrected chi connectivity index (χ3v) is 4.91. The minimum Gasteiger partial charge on any atom is -0.396 e. The van der Waals surface area contributed by atoms with E-state index in [1.54, 1.807) is 0 Å². The number of morpholine rings is 1. The first-order valence-electron chi connectivity index (χ1n) is 8.64. The van der Waals surface area contributed by atoms with Gasteiger partial charge in [-0.3, -0.25) is 4.90 Å². The fraction of sp³-hybridized carbons (Fsp3) is 0.667. The first-order chi connectivity index (χ1) is 10.9. The van der Waals surface area contributed by atoms with Crippen molar-refractivity contribution in [3.05, 3.63) is 29.8 Å². The number of ether oxygens (including phenoxy) is 1. The molecule has 1 atom stereocenters. The normalized spacial score (nSPS) is 23.1. The summed E-state index contributed by atoms with van der Waals surface area (Å²) in [6, 6.07) is 9.45. The minimum absolute atomic E-state index is 0.314. The summed E-state index contributed by atoms with van der Waals surface area (Å²) in [6.45, 7) is 6.18. The van der Waals surface area contributed by atoms with Crippen molar-refractivity contribution in [3.63, 3.8) is 0 Å². The third kappa shape index (κ3) is 3.80. The van der Waals surface area contributed by atoms with Crippen LogP contribution in [0.3, 0.4) is 0 Å². The summed E-state index contributed by atoms with van der Waals surface area (Å²) >= 11 is 0. The van der Waals surface area contributed by atoms with Gasteiger partial charge in [0.15, 0.2) is 0 Å². The van der Waals surface area contributed by atoms with Crippen molar-refractivity contribution in [3.8, 4) is 0 Å². The Morgan fingerprint density at radius 3 is 2.77 bits per heavy atom. The van der Waals surface area contributed by atoms with Crippen LogP contribution in [0.25, 0.3) is 0 Å². The molecule has 2 aliphatic heterocycles. The van der Waals surface area contributed by atoms with E-state index in [4.69, 9.17) is 9.84 Å². The van der Waals surface area contributed by atoms with E-state index in [-0.39, 0.29) is 0 Å². The number of hydrogen-bond donors (Lipinski definition) is 1. The average molecular weight is 304 g/mol. The lowest BCUT2D eigenvalue weighted by Crippen LogP contribution is -2.37. The van der Waals surface area contributed by atoms with Gasteiger partial charge in [0.2, 0.25) is 0 Å². The van der Waals surface area contributed by atoms with Crippen molar-refractivity contribution >= 4 is 5.69 Å². The van der Waals surface area contributed by atoms with Crippen LogP contribution in [0, 0.1) is 0 Å². The van der Waals surface area contributed by atoms with E-state index in [9.17, 15) is 0 Å². The van der Waals surface area contributed by atoms with E-state index < -0.39 is 0 Å². The van der Waals surface area contributed by atoms with Gasteiger partial charge in [-0.15, -0.1) is 0 Å². The number of likely N-dealkylation sites (tertiary alicyclic amines) is 1. The molecule has 2 fully saturated rings. The van der Waals surface area contributed by atoms with Crippen molar-refractivity contribution in [2.45, 2.75) is 38.3 Å². The molecule has 3 rings (SSSR count). The number of para-hydroxylation sites is 1. The highest BCUT2D eigenvalue weighted by Crippen LogP contribution is 2.28. The van der Waals surface area contributed by atoms with Crippen molar-refractivity contribution in [2.24, 2.45) is 0 Å². The van der Waals surface area contributed by atoms with Gasteiger partial charge in [-0.2, -0.15) is 0 Å². The monoisotopic (exact) mass is 304 g/mol. The molecule has 1 aromatic carbocycles. The summed E-state index contributed by atoms with van der Waals surface area (Å²) < 4.78 is 5.48. The van der Waals surface area contributed by atoms with Gasteiger partial charge in [-0.05, 0) is 43.9 Å². The lowest BCUT2D eigenvalue weighted by Gasteiger charge is -2.32. The maximum absolute atomic E-state index is 9.08. The number of nitrogens with zero attached hydrogens (tertiary/aromatic N) is 2. The smallest absolute Gasteiger partial charge is 0.0642 e. The van der Waals surface area contributed by atoms with E-state index in [0.29, 0.717) is 12.6 Å². The largest absolute Gasteiger partial charge is 0.396 e. The zero-order valence-corrected chi connectivity index (χ0v) is 13.4. The third-order valence-electron chi connectivity index (χ3n) is 4.91. The van der Waals surface area contributed by atoms with Gasteiger partial charge in [-0.1, -0.05) is 18.2 Å². The van der Waals surface area contributed by atoms with Crippen LogP contribution < -0.4 is 4.90 Å². The molecule has 0 amide bonds. The van der Waals surface area contributed by atoms with E-state index in [0.717, 1.165) is 45.7 Å². The van der Waals surface area contributed by atoms with Crippen molar-refractivity contribution in [2.75, 3.05) is 44.4 Å². The SMILES string of the molecule is OCCCC1CCCN1Cc1ccccc1N1CCOCC1. The molecule has 2 heterocycles. The fourth-order valence-electron chi connectivity index (χ4n) is 3.73. The molecule has 22 heavy (non-hydrogen) atoms. The second-order valence-electron chi connectivity index (χ2n) is 6.36. The number of rotatable bonds is 6. The van der Waals surface area contributed by atoms with E-state index in [2.05, 4.69) is 34.1 Å². The van der Waals surface area contributed by atoms with Crippen LogP contribution in [-0.4, -0.2) is 55.5 Å². The lowest BCUT2D eigenvalue weighted by molar-refractivity contribution is 0.122.